The fourth-order valence-corrected chi connectivity index (χ4v) is 4.77. The molecular weight excluding hydrogens is 430 g/mol. The second-order valence-electron chi connectivity index (χ2n) is 7.94. The Morgan fingerprint density at radius 1 is 1.27 bits per heavy atom. The first-order chi connectivity index (χ1) is 14.2. The van der Waals surface area contributed by atoms with Crippen LogP contribution in [0.3, 0.4) is 0 Å². The maximum absolute atomic E-state index is 12.4. The van der Waals surface area contributed by atoms with Gasteiger partial charge in [-0.05, 0) is 56.2 Å². The van der Waals surface area contributed by atoms with Crippen molar-refractivity contribution in [1.29, 1.82) is 0 Å². The molecule has 1 aliphatic heterocycles. The number of urea groups is 1. The SMILES string of the molecule is CC(NS(=O)(=O)CCCCCN1CC(=O)NC1=O)c1ccc(Cl)c(OCC2CC2)c1. The fourth-order valence-electron chi connectivity index (χ4n) is 3.22. The molecule has 3 amide bonds. The Morgan fingerprint density at radius 3 is 2.70 bits per heavy atom. The monoisotopic (exact) mass is 457 g/mol. The number of sulfonamides is 1. The second-order valence-corrected chi connectivity index (χ2v) is 10.2. The molecule has 0 radical (unpaired) electrons. The van der Waals surface area contributed by atoms with Gasteiger partial charge in [0.05, 0.1) is 17.4 Å². The summed E-state index contributed by atoms with van der Waals surface area (Å²) in [4.78, 5) is 24.0. The van der Waals surface area contributed by atoms with Crippen LogP contribution in [0.1, 0.15) is 50.6 Å². The Labute approximate surface area is 182 Å². The van der Waals surface area contributed by atoms with Crippen LogP contribution >= 0.6 is 11.6 Å². The third kappa shape index (κ3) is 6.85. The van der Waals surface area contributed by atoms with Gasteiger partial charge in [0.15, 0.2) is 0 Å². The van der Waals surface area contributed by atoms with E-state index in [4.69, 9.17) is 16.3 Å². The third-order valence-corrected chi connectivity index (χ3v) is 7.04. The average molecular weight is 458 g/mol. The highest BCUT2D eigenvalue weighted by Gasteiger charge is 2.26. The number of halogens is 1. The molecule has 2 N–H and O–H groups in total. The molecular formula is C20H28ClN3O5S. The highest BCUT2D eigenvalue weighted by Crippen LogP contribution is 2.33. The number of amides is 3. The van der Waals surface area contributed by atoms with Crippen molar-refractivity contribution in [2.45, 2.75) is 45.1 Å². The summed E-state index contributed by atoms with van der Waals surface area (Å²) in [7, 11) is -3.46. The molecule has 0 aromatic heterocycles. The number of nitrogens with one attached hydrogen (secondary N) is 2. The summed E-state index contributed by atoms with van der Waals surface area (Å²) in [6.45, 7) is 2.94. The third-order valence-electron chi connectivity index (χ3n) is 5.19. The van der Waals surface area contributed by atoms with E-state index in [1.165, 1.54) is 17.7 Å². The van der Waals surface area contributed by atoms with Gasteiger partial charge in [0.2, 0.25) is 15.9 Å². The number of carbonyl (C=O) groups is 2. The van der Waals surface area contributed by atoms with Crippen LogP contribution in [-0.4, -0.2) is 50.7 Å². The van der Waals surface area contributed by atoms with Crippen LogP contribution in [0.2, 0.25) is 5.02 Å². The van der Waals surface area contributed by atoms with E-state index in [1.807, 2.05) is 0 Å². The molecule has 8 nitrogen and oxygen atoms in total. The molecule has 2 fully saturated rings. The van der Waals surface area contributed by atoms with Gasteiger partial charge in [-0.1, -0.05) is 24.1 Å². The van der Waals surface area contributed by atoms with Crippen LogP contribution in [0.4, 0.5) is 4.79 Å². The van der Waals surface area contributed by atoms with Gasteiger partial charge in [-0.25, -0.2) is 17.9 Å². The number of benzene rings is 1. The first-order valence-corrected chi connectivity index (χ1v) is 12.3. The molecule has 0 bridgehead atoms. The topological polar surface area (TPSA) is 105 Å². The van der Waals surface area contributed by atoms with Crippen molar-refractivity contribution in [1.82, 2.24) is 14.9 Å². The lowest BCUT2D eigenvalue weighted by molar-refractivity contribution is -0.118. The Balaban J connectivity index is 1.42. The summed E-state index contributed by atoms with van der Waals surface area (Å²) >= 11 is 6.19. The van der Waals surface area contributed by atoms with Gasteiger partial charge in [0.25, 0.3) is 0 Å². The Bertz CT molecular complexity index is 888. The number of hydrogen-bond donors (Lipinski definition) is 2. The van der Waals surface area contributed by atoms with Gasteiger partial charge in [-0.3, -0.25) is 10.1 Å². The van der Waals surface area contributed by atoms with E-state index in [9.17, 15) is 18.0 Å². The Kier molecular flexibility index (Phi) is 7.60. The molecule has 1 aliphatic carbocycles. The van der Waals surface area contributed by atoms with Crippen molar-refractivity contribution in [3.8, 4) is 5.75 Å². The zero-order valence-corrected chi connectivity index (χ0v) is 18.6. The van der Waals surface area contributed by atoms with Crippen molar-refractivity contribution < 1.29 is 22.7 Å². The van der Waals surface area contributed by atoms with Crippen molar-refractivity contribution in [3.05, 3.63) is 28.8 Å². The van der Waals surface area contributed by atoms with Gasteiger partial charge in [0.1, 0.15) is 12.3 Å². The highest BCUT2D eigenvalue weighted by molar-refractivity contribution is 7.89. The average Bonchev–Trinajstić information content (AvgIpc) is 3.44. The highest BCUT2D eigenvalue weighted by atomic mass is 35.5. The first kappa shape index (κ1) is 22.8. The standard InChI is InChI=1S/C20H28ClN3O5S/c1-14(16-7-8-17(21)18(11-16)29-13-15-5-6-15)23-30(27,28)10-4-2-3-9-24-12-19(25)22-20(24)26/h7-8,11,14-15,23H,2-6,9-10,12-13H2,1H3,(H,22,25,26). The van der Waals surface area contributed by atoms with E-state index in [0.29, 0.717) is 49.1 Å². The summed E-state index contributed by atoms with van der Waals surface area (Å²) in [5.74, 6) is 0.878. The molecule has 3 rings (SSSR count). The summed E-state index contributed by atoms with van der Waals surface area (Å²) in [6, 6.07) is 4.52. The maximum Gasteiger partial charge on any atom is 0.324 e. The number of rotatable bonds is 12. The summed E-state index contributed by atoms with van der Waals surface area (Å²) < 4.78 is 33.3. The van der Waals surface area contributed by atoms with E-state index < -0.39 is 16.1 Å². The van der Waals surface area contributed by atoms with Crippen molar-refractivity contribution in [3.63, 3.8) is 0 Å². The van der Waals surface area contributed by atoms with Gasteiger partial charge in [-0.15, -0.1) is 0 Å². The van der Waals surface area contributed by atoms with Crippen LogP contribution in [0.5, 0.6) is 5.75 Å². The van der Waals surface area contributed by atoms with Gasteiger partial charge in [0, 0.05) is 12.6 Å². The molecule has 2 aliphatic rings. The molecule has 1 saturated heterocycles. The molecule has 1 atom stereocenters. The Morgan fingerprint density at radius 2 is 2.03 bits per heavy atom. The Hall–Kier alpha value is -1.84. The van der Waals surface area contributed by atoms with Crippen LogP contribution in [0.15, 0.2) is 18.2 Å². The zero-order valence-electron chi connectivity index (χ0n) is 17.0. The number of imide groups is 1. The van der Waals surface area contributed by atoms with E-state index in [-0.39, 0.29) is 24.2 Å². The lowest BCUT2D eigenvalue weighted by Gasteiger charge is -2.17. The summed E-state index contributed by atoms with van der Waals surface area (Å²) in [5, 5.41) is 2.73. The molecule has 1 saturated carbocycles. The number of unbranched alkanes of at least 4 members (excludes halogenated alkanes) is 2. The minimum absolute atomic E-state index is 0.00109. The van der Waals surface area contributed by atoms with Crippen molar-refractivity contribution in [2.75, 3.05) is 25.4 Å². The maximum atomic E-state index is 12.4. The van der Waals surface area contributed by atoms with Crippen molar-refractivity contribution in [2.24, 2.45) is 5.92 Å². The molecule has 1 heterocycles. The van der Waals surface area contributed by atoms with Crippen LogP contribution in [0.25, 0.3) is 0 Å². The van der Waals surface area contributed by atoms with Crippen LogP contribution in [0, 0.1) is 5.92 Å². The van der Waals surface area contributed by atoms with Crippen LogP contribution < -0.4 is 14.8 Å². The van der Waals surface area contributed by atoms with Gasteiger partial charge >= 0.3 is 6.03 Å². The van der Waals surface area contributed by atoms with E-state index in [1.54, 1.807) is 25.1 Å². The molecule has 30 heavy (non-hydrogen) atoms. The normalized spacial score (nSPS) is 17.9. The number of carbonyl (C=O) groups excluding carboxylic acids is 2. The molecule has 10 heteroatoms. The molecule has 0 spiro atoms. The van der Waals surface area contributed by atoms with E-state index in [0.717, 1.165) is 5.56 Å². The van der Waals surface area contributed by atoms with Crippen LogP contribution in [-0.2, 0) is 14.8 Å². The zero-order chi connectivity index (χ0) is 21.7. The molecule has 1 unspecified atom stereocenters. The minimum atomic E-state index is -3.46. The fraction of sp³-hybridized carbons (Fsp3) is 0.600. The molecule has 166 valence electrons. The largest absolute Gasteiger partial charge is 0.492 e. The predicted molar refractivity (Wildman–Crippen MR) is 114 cm³/mol. The number of ether oxygens (including phenoxy) is 1. The van der Waals surface area contributed by atoms with Crippen molar-refractivity contribution >= 4 is 33.6 Å². The number of nitrogens with zero attached hydrogens (tertiary/aromatic N) is 1. The quantitative estimate of drug-likeness (QED) is 0.371. The number of hydrogen-bond acceptors (Lipinski definition) is 5. The smallest absolute Gasteiger partial charge is 0.324 e. The predicted octanol–water partition coefficient (Wildman–Crippen LogP) is 2.83. The summed E-state index contributed by atoms with van der Waals surface area (Å²) in [5.41, 5.74) is 0.790. The second kappa shape index (κ2) is 9.98. The molecule has 1 aromatic carbocycles. The first-order valence-electron chi connectivity index (χ1n) is 10.2. The minimum Gasteiger partial charge on any atom is -0.492 e. The van der Waals surface area contributed by atoms with Gasteiger partial charge < -0.3 is 9.64 Å². The summed E-state index contributed by atoms with van der Waals surface area (Å²) in [6.07, 6.45) is 4.12. The molecule has 1 aromatic rings. The van der Waals surface area contributed by atoms with E-state index >= 15 is 0 Å². The van der Waals surface area contributed by atoms with E-state index in [2.05, 4.69) is 10.0 Å². The lowest BCUT2D eigenvalue weighted by atomic mass is 10.1. The lowest BCUT2D eigenvalue weighted by Crippen LogP contribution is -2.30. The van der Waals surface area contributed by atoms with Gasteiger partial charge in [-0.2, -0.15) is 0 Å².